The largest absolute Gasteiger partial charge is 0.236 e. The molecule has 6 heteroatoms. The second-order valence-electron chi connectivity index (χ2n) is 5.61. The number of benzene rings is 2. The minimum Gasteiger partial charge on any atom is -0.236 e. The van der Waals surface area contributed by atoms with Crippen LogP contribution < -0.4 is 0 Å². The second kappa shape index (κ2) is 7.23. The smallest absolute Gasteiger partial charge is 0.159 e. The first-order valence-electron chi connectivity index (χ1n) is 7.75. The number of aromatic nitrogens is 2. The van der Waals surface area contributed by atoms with Gasteiger partial charge in [0.1, 0.15) is 22.5 Å². The van der Waals surface area contributed by atoms with Crippen LogP contribution in [0.5, 0.6) is 0 Å². The highest BCUT2D eigenvalue weighted by molar-refractivity contribution is 6.30. The Hall–Kier alpha value is -2.40. The van der Waals surface area contributed by atoms with Crippen LogP contribution in [0.1, 0.15) is 18.9 Å². The van der Waals surface area contributed by atoms with Gasteiger partial charge in [0.25, 0.3) is 0 Å². The van der Waals surface area contributed by atoms with E-state index in [4.69, 9.17) is 11.6 Å². The number of hydrogen-bond acceptors (Lipinski definition) is 2. The molecule has 0 aliphatic heterocycles. The third-order valence-corrected chi connectivity index (χ3v) is 4.14. The molecule has 0 aliphatic rings. The molecule has 0 unspecified atom stereocenters. The molecule has 0 aliphatic carbocycles. The number of halogens is 4. The van der Waals surface area contributed by atoms with E-state index >= 15 is 0 Å². The molecule has 0 atom stereocenters. The molecule has 0 N–H and O–H groups in total. The lowest BCUT2D eigenvalue weighted by Gasteiger charge is -2.07. The van der Waals surface area contributed by atoms with Crippen LogP contribution in [0.3, 0.4) is 0 Å². The maximum Gasteiger partial charge on any atom is 0.159 e. The van der Waals surface area contributed by atoms with Crippen molar-refractivity contribution in [1.82, 2.24) is 9.97 Å². The van der Waals surface area contributed by atoms with Gasteiger partial charge in [-0.2, -0.15) is 0 Å². The Morgan fingerprint density at radius 2 is 1.52 bits per heavy atom. The number of hydrogen-bond donors (Lipinski definition) is 0. The van der Waals surface area contributed by atoms with E-state index in [1.165, 1.54) is 18.5 Å². The van der Waals surface area contributed by atoms with Crippen molar-refractivity contribution in [3.05, 3.63) is 70.8 Å². The second-order valence-corrected chi connectivity index (χ2v) is 5.99. The van der Waals surface area contributed by atoms with Crippen molar-refractivity contribution in [3.63, 3.8) is 0 Å². The van der Waals surface area contributed by atoms with Crippen LogP contribution >= 0.6 is 11.6 Å². The minimum absolute atomic E-state index is 0.126. The lowest BCUT2D eigenvalue weighted by atomic mass is 10.0. The summed E-state index contributed by atoms with van der Waals surface area (Å²) in [5, 5.41) is -0.574. The first-order chi connectivity index (χ1) is 12.0. The zero-order valence-corrected chi connectivity index (χ0v) is 14.1. The van der Waals surface area contributed by atoms with Gasteiger partial charge in [0.15, 0.2) is 5.82 Å². The summed E-state index contributed by atoms with van der Waals surface area (Å²) in [7, 11) is 0. The summed E-state index contributed by atoms with van der Waals surface area (Å²) in [5.74, 6) is -2.00. The fourth-order valence-corrected chi connectivity index (χ4v) is 2.65. The normalized spacial score (nSPS) is 10.9. The lowest BCUT2D eigenvalue weighted by Crippen LogP contribution is -1.94. The SMILES string of the molecule is CCCc1ccc(-c2cnc(-c3cc(F)c(Cl)c(F)c3)nc2)c(F)c1. The van der Waals surface area contributed by atoms with E-state index in [9.17, 15) is 13.2 Å². The average molecular weight is 363 g/mol. The van der Waals surface area contributed by atoms with Crippen LogP contribution in [0.15, 0.2) is 42.7 Å². The Balaban J connectivity index is 1.93. The molecule has 3 rings (SSSR count). The van der Waals surface area contributed by atoms with Crippen molar-refractivity contribution in [1.29, 1.82) is 0 Å². The molecule has 1 heterocycles. The molecule has 0 radical (unpaired) electrons. The quantitative estimate of drug-likeness (QED) is 0.545. The van der Waals surface area contributed by atoms with Crippen LogP contribution in [-0.2, 0) is 6.42 Å². The molecule has 2 nitrogen and oxygen atoms in total. The topological polar surface area (TPSA) is 25.8 Å². The molecule has 2 aromatic carbocycles. The molecule has 0 spiro atoms. The Labute approximate surface area is 148 Å². The molecule has 3 aromatic rings. The van der Waals surface area contributed by atoms with Gasteiger partial charge in [0.2, 0.25) is 0 Å². The highest BCUT2D eigenvalue weighted by Crippen LogP contribution is 2.27. The van der Waals surface area contributed by atoms with Gasteiger partial charge < -0.3 is 0 Å². The maximum absolute atomic E-state index is 14.3. The highest BCUT2D eigenvalue weighted by Gasteiger charge is 2.13. The fourth-order valence-electron chi connectivity index (χ4n) is 2.54. The van der Waals surface area contributed by atoms with Gasteiger partial charge in [-0.15, -0.1) is 0 Å². The predicted molar refractivity (Wildman–Crippen MR) is 91.8 cm³/mol. The molecule has 1 aromatic heterocycles. The van der Waals surface area contributed by atoms with Gasteiger partial charge in [0.05, 0.1) is 0 Å². The molecule has 0 amide bonds. The van der Waals surface area contributed by atoms with Crippen molar-refractivity contribution >= 4 is 11.6 Å². The molecule has 128 valence electrons. The monoisotopic (exact) mass is 362 g/mol. The van der Waals surface area contributed by atoms with Crippen LogP contribution in [0.25, 0.3) is 22.5 Å². The van der Waals surface area contributed by atoms with E-state index in [1.54, 1.807) is 6.07 Å². The summed E-state index contributed by atoms with van der Waals surface area (Å²) in [4.78, 5) is 8.17. The third kappa shape index (κ3) is 3.66. The third-order valence-electron chi connectivity index (χ3n) is 3.78. The minimum atomic E-state index is -0.887. The Bertz CT molecular complexity index is 888. The van der Waals surface area contributed by atoms with Crippen molar-refractivity contribution in [3.8, 4) is 22.5 Å². The van der Waals surface area contributed by atoms with E-state index in [2.05, 4.69) is 9.97 Å². The first kappa shape index (κ1) is 17.4. The van der Waals surface area contributed by atoms with E-state index in [-0.39, 0.29) is 17.2 Å². The maximum atomic E-state index is 14.3. The number of aryl methyl sites for hydroxylation is 1. The average Bonchev–Trinajstić information content (AvgIpc) is 2.60. The summed E-state index contributed by atoms with van der Waals surface area (Å²) in [6.07, 6.45) is 4.58. The molecule has 25 heavy (non-hydrogen) atoms. The van der Waals surface area contributed by atoms with Gasteiger partial charge in [-0.05, 0) is 30.2 Å². The van der Waals surface area contributed by atoms with E-state index in [0.717, 1.165) is 30.5 Å². The van der Waals surface area contributed by atoms with Gasteiger partial charge in [0, 0.05) is 29.1 Å². The van der Waals surface area contributed by atoms with Crippen molar-refractivity contribution < 1.29 is 13.2 Å². The molecular weight excluding hydrogens is 349 g/mol. The molecule has 0 saturated carbocycles. The fraction of sp³-hybridized carbons (Fsp3) is 0.158. The van der Waals surface area contributed by atoms with E-state index in [1.807, 2.05) is 13.0 Å². The zero-order valence-electron chi connectivity index (χ0n) is 13.4. The van der Waals surface area contributed by atoms with E-state index < -0.39 is 16.7 Å². The Morgan fingerprint density at radius 1 is 0.880 bits per heavy atom. The summed E-state index contributed by atoms with van der Waals surface area (Å²) in [6.45, 7) is 2.03. The summed E-state index contributed by atoms with van der Waals surface area (Å²) < 4.78 is 41.4. The lowest BCUT2D eigenvalue weighted by molar-refractivity contribution is 0.584. The highest BCUT2D eigenvalue weighted by atomic mass is 35.5. The van der Waals surface area contributed by atoms with Gasteiger partial charge in [-0.1, -0.05) is 37.1 Å². The summed E-state index contributed by atoms with van der Waals surface area (Å²) in [5.41, 5.74) is 1.94. The Kier molecular flexibility index (Phi) is 5.04. The van der Waals surface area contributed by atoms with Crippen molar-refractivity contribution in [2.24, 2.45) is 0 Å². The van der Waals surface area contributed by atoms with Gasteiger partial charge in [-0.3, -0.25) is 0 Å². The molecule has 0 saturated heterocycles. The molecule has 0 bridgehead atoms. The van der Waals surface area contributed by atoms with Gasteiger partial charge >= 0.3 is 0 Å². The summed E-state index contributed by atoms with van der Waals surface area (Å²) in [6, 6.07) is 7.15. The summed E-state index contributed by atoms with van der Waals surface area (Å²) >= 11 is 5.46. The number of nitrogens with zero attached hydrogens (tertiary/aromatic N) is 2. The van der Waals surface area contributed by atoms with Gasteiger partial charge in [-0.25, -0.2) is 23.1 Å². The Morgan fingerprint density at radius 3 is 2.08 bits per heavy atom. The first-order valence-corrected chi connectivity index (χ1v) is 8.13. The van der Waals surface area contributed by atoms with Crippen LogP contribution in [0.4, 0.5) is 13.2 Å². The molecular formula is C19H14ClF3N2. The van der Waals surface area contributed by atoms with Crippen LogP contribution in [0.2, 0.25) is 5.02 Å². The zero-order chi connectivity index (χ0) is 18.0. The van der Waals surface area contributed by atoms with E-state index in [0.29, 0.717) is 11.1 Å². The van der Waals surface area contributed by atoms with Crippen LogP contribution in [0, 0.1) is 17.5 Å². The van der Waals surface area contributed by atoms with Crippen LogP contribution in [-0.4, -0.2) is 9.97 Å². The molecule has 0 fully saturated rings. The predicted octanol–water partition coefficient (Wildman–Crippen LogP) is 5.83. The van der Waals surface area contributed by atoms with Crippen molar-refractivity contribution in [2.75, 3.05) is 0 Å². The van der Waals surface area contributed by atoms with Crippen molar-refractivity contribution in [2.45, 2.75) is 19.8 Å². The number of rotatable bonds is 4. The standard InChI is InChI=1S/C19H14ClF3N2/c1-2-3-11-4-5-14(15(21)6-11)13-9-24-19(25-10-13)12-7-16(22)18(20)17(23)8-12/h4-10H,2-3H2,1H3.